The second-order valence-electron chi connectivity index (χ2n) is 5.75. The average molecular weight is 334 g/mol. The second-order valence-corrected chi connectivity index (χ2v) is 6.99. The number of nitrogens with zero attached hydrogens (tertiary/aromatic N) is 1. The van der Waals surface area contributed by atoms with Crippen LogP contribution in [-0.2, 0) is 9.09 Å². The first-order valence-corrected chi connectivity index (χ1v) is 8.06. The number of hydrogen-bond acceptors (Lipinski definition) is 6. The third kappa shape index (κ3) is 2.37. The van der Waals surface area contributed by atoms with Crippen LogP contribution in [0.1, 0.15) is 12.5 Å². The smallest absolute Gasteiger partial charge is 0.390 e. The Hall–Kier alpha value is -1.29. The SMILES string of the molecule is O=c1ccn([C@H]2[C@H](O)[C@H](O)[C@]3(COP(=O)(O)O)C[C@H]23)c(=O)[nH]1. The molecule has 2 aliphatic rings. The van der Waals surface area contributed by atoms with Crippen molar-refractivity contribution in [2.45, 2.75) is 24.7 Å². The summed E-state index contributed by atoms with van der Waals surface area (Å²) in [5.74, 6) is -0.382. The normalized spacial score (nSPS) is 37.1. The fourth-order valence-corrected chi connectivity index (χ4v) is 3.80. The van der Waals surface area contributed by atoms with Crippen molar-refractivity contribution in [3.63, 3.8) is 0 Å². The highest BCUT2D eigenvalue weighted by Gasteiger charge is 2.72. The molecule has 122 valence electrons. The van der Waals surface area contributed by atoms with Gasteiger partial charge in [0.25, 0.3) is 5.56 Å². The summed E-state index contributed by atoms with van der Waals surface area (Å²) in [6, 6.07) is 0.328. The first kappa shape index (κ1) is 15.6. The number of fused-ring (bicyclic) bond motifs is 1. The fraction of sp³-hybridized carbons (Fsp3) is 0.636. The third-order valence-electron chi connectivity index (χ3n) is 4.53. The molecule has 0 radical (unpaired) electrons. The number of H-pyrrole nitrogens is 1. The van der Waals surface area contributed by atoms with Crippen molar-refractivity contribution in [3.8, 4) is 0 Å². The van der Waals surface area contributed by atoms with Gasteiger partial charge in [0.05, 0.1) is 18.8 Å². The van der Waals surface area contributed by atoms with Crippen LogP contribution in [0.4, 0.5) is 0 Å². The Bertz CT molecular complexity index is 753. The monoisotopic (exact) mass is 334 g/mol. The fourth-order valence-electron chi connectivity index (χ4n) is 3.39. The van der Waals surface area contributed by atoms with E-state index in [9.17, 15) is 24.4 Å². The van der Waals surface area contributed by atoms with Crippen LogP contribution < -0.4 is 11.2 Å². The molecule has 3 rings (SSSR count). The molecule has 0 aliphatic heterocycles. The van der Waals surface area contributed by atoms with E-state index in [-0.39, 0.29) is 5.92 Å². The van der Waals surface area contributed by atoms with E-state index in [2.05, 4.69) is 9.51 Å². The van der Waals surface area contributed by atoms with E-state index >= 15 is 0 Å². The number of aromatic nitrogens is 2. The van der Waals surface area contributed by atoms with Crippen molar-refractivity contribution in [1.82, 2.24) is 9.55 Å². The van der Waals surface area contributed by atoms with Gasteiger partial charge in [-0.25, -0.2) is 9.36 Å². The molecule has 1 heterocycles. The molecule has 5 atom stereocenters. The Morgan fingerprint density at radius 1 is 1.41 bits per heavy atom. The van der Waals surface area contributed by atoms with Crippen LogP contribution in [0.25, 0.3) is 0 Å². The predicted molar refractivity (Wildman–Crippen MR) is 70.9 cm³/mol. The third-order valence-corrected chi connectivity index (χ3v) is 4.99. The Morgan fingerprint density at radius 2 is 2.09 bits per heavy atom. The van der Waals surface area contributed by atoms with Gasteiger partial charge < -0.3 is 20.0 Å². The zero-order valence-corrected chi connectivity index (χ0v) is 12.1. The zero-order valence-electron chi connectivity index (χ0n) is 11.2. The maximum atomic E-state index is 11.8. The lowest BCUT2D eigenvalue weighted by Crippen LogP contribution is -2.40. The van der Waals surface area contributed by atoms with Crippen molar-refractivity contribution in [2.75, 3.05) is 6.61 Å². The molecule has 10 nitrogen and oxygen atoms in total. The highest BCUT2D eigenvalue weighted by Crippen LogP contribution is 2.68. The van der Waals surface area contributed by atoms with Gasteiger partial charge in [-0.2, -0.15) is 0 Å². The van der Waals surface area contributed by atoms with E-state index in [0.717, 1.165) is 10.6 Å². The highest BCUT2D eigenvalue weighted by molar-refractivity contribution is 7.46. The van der Waals surface area contributed by atoms with Crippen LogP contribution in [0.15, 0.2) is 21.9 Å². The van der Waals surface area contributed by atoms with Gasteiger partial charge in [0, 0.05) is 17.7 Å². The molecule has 5 N–H and O–H groups in total. The Labute approximate surface area is 123 Å². The number of aliphatic hydroxyl groups excluding tert-OH is 2. The van der Waals surface area contributed by atoms with E-state index in [4.69, 9.17) is 9.79 Å². The van der Waals surface area contributed by atoms with Crippen LogP contribution in [0, 0.1) is 11.3 Å². The lowest BCUT2D eigenvalue weighted by molar-refractivity contribution is -0.0306. The first-order valence-electron chi connectivity index (χ1n) is 6.53. The standard InChI is InChI=1S/C11H15N2O8P/c14-6-1-2-13(10(17)12-6)7-5-3-11(5,9(16)8(7)15)4-21-22(18,19)20/h1-2,5,7-9,15-16H,3-4H2,(H,12,14,17)(H2,18,19,20)/t5-,7-,8+,9+,11+/m1/s1. The molecule has 0 amide bonds. The molecular formula is C11H15N2O8P. The Kier molecular flexibility index (Phi) is 3.44. The van der Waals surface area contributed by atoms with E-state index in [1.165, 1.54) is 6.20 Å². The largest absolute Gasteiger partial charge is 0.469 e. The van der Waals surface area contributed by atoms with Crippen LogP contribution >= 0.6 is 7.82 Å². The van der Waals surface area contributed by atoms with Gasteiger partial charge >= 0.3 is 13.5 Å². The predicted octanol–water partition coefficient (Wildman–Crippen LogP) is -2.07. The lowest BCUT2D eigenvalue weighted by Gasteiger charge is -2.24. The lowest BCUT2D eigenvalue weighted by atomic mass is 10.0. The molecule has 2 saturated carbocycles. The van der Waals surface area contributed by atoms with Crippen molar-refractivity contribution in [3.05, 3.63) is 33.1 Å². The number of aliphatic hydroxyl groups is 2. The minimum absolute atomic E-state index is 0.349. The van der Waals surface area contributed by atoms with Crippen molar-refractivity contribution in [2.24, 2.45) is 11.3 Å². The molecule has 0 spiro atoms. The van der Waals surface area contributed by atoms with Gasteiger partial charge in [0.2, 0.25) is 0 Å². The number of aromatic amines is 1. The average Bonchev–Trinajstić information content (AvgIpc) is 3.08. The minimum atomic E-state index is -4.70. The number of hydrogen-bond donors (Lipinski definition) is 5. The summed E-state index contributed by atoms with van der Waals surface area (Å²) in [4.78, 5) is 42.5. The summed E-state index contributed by atoms with van der Waals surface area (Å²) in [6.07, 6.45) is -1.02. The van der Waals surface area contributed by atoms with Crippen LogP contribution in [-0.4, -0.2) is 48.4 Å². The number of nitrogens with one attached hydrogen (secondary N) is 1. The summed E-state index contributed by atoms with van der Waals surface area (Å²) in [6.45, 7) is -0.422. The molecule has 1 aromatic heterocycles. The van der Waals surface area contributed by atoms with Crippen LogP contribution in [0.3, 0.4) is 0 Å². The molecule has 2 fully saturated rings. The quantitative estimate of drug-likeness (QED) is 0.392. The molecule has 11 heteroatoms. The molecule has 0 aromatic carbocycles. The van der Waals surface area contributed by atoms with Crippen molar-refractivity contribution >= 4 is 7.82 Å². The zero-order chi connectivity index (χ0) is 16.3. The maximum absolute atomic E-state index is 11.8. The van der Waals surface area contributed by atoms with Gasteiger partial charge in [-0.3, -0.25) is 18.9 Å². The van der Waals surface area contributed by atoms with E-state index in [1.54, 1.807) is 0 Å². The van der Waals surface area contributed by atoms with Crippen molar-refractivity contribution in [1.29, 1.82) is 0 Å². The Morgan fingerprint density at radius 3 is 2.68 bits per heavy atom. The number of phosphoric acid groups is 1. The van der Waals surface area contributed by atoms with Crippen LogP contribution in [0.2, 0.25) is 0 Å². The molecule has 1 aromatic rings. The number of rotatable bonds is 4. The summed E-state index contributed by atoms with van der Waals surface area (Å²) in [7, 11) is -4.70. The van der Waals surface area contributed by atoms with E-state index < -0.39 is 49.3 Å². The van der Waals surface area contributed by atoms with Gasteiger partial charge in [-0.05, 0) is 12.3 Å². The number of phosphoric ester groups is 1. The molecule has 2 aliphatic carbocycles. The van der Waals surface area contributed by atoms with Crippen molar-refractivity contribution < 1.29 is 29.1 Å². The Balaban J connectivity index is 1.89. The second kappa shape index (κ2) is 4.85. The topological polar surface area (TPSA) is 162 Å². The maximum Gasteiger partial charge on any atom is 0.469 e. The van der Waals surface area contributed by atoms with Crippen LogP contribution in [0.5, 0.6) is 0 Å². The molecule has 0 unspecified atom stereocenters. The highest BCUT2D eigenvalue weighted by atomic mass is 31.2. The van der Waals surface area contributed by atoms with Gasteiger partial charge in [0.1, 0.15) is 6.10 Å². The molecule has 0 saturated heterocycles. The summed E-state index contributed by atoms with van der Waals surface area (Å²) in [5, 5.41) is 20.3. The van der Waals surface area contributed by atoms with E-state index in [0.29, 0.717) is 6.42 Å². The first-order chi connectivity index (χ1) is 10.2. The summed E-state index contributed by atoms with van der Waals surface area (Å²) < 4.78 is 16.4. The molecular weight excluding hydrogens is 319 g/mol. The van der Waals surface area contributed by atoms with Gasteiger partial charge in [-0.1, -0.05) is 0 Å². The molecule has 0 bridgehead atoms. The molecule has 22 heavy (non-hydrogen) atoms. The summed E-state index contributed by atoms with van der Waals surface area (Å²) >= 11 is 0. The van der Waals surface area contributed by atoms with Gasteiger partial charge in [-0.15, -0.1) is 0 Å². The van der Waals surface area contributed by atoms with Gasteiger partial charge in [0.15, 0.2) is 0 Å². The summed E-state index contributed by atoms with van der Waals surface area (Å²) in [5.41, 5.74) is -2.30. The minimum Gasteiger partial charge on any atom is -0.390 e. The van der Waals surface area contributed by atoms with E-state index in [1.807, 2.05) is 0 Å².